The molecule has 130 valence electrons. The molecule has 0 atom stereocenters. The van der Waals surface area contributed by atoms with Gasteiger partial charge in [0.2, 0.25) is 0 Å². The fourth-order valence-corrected chi connectivity index (χ4v) is 2.85. The van der Waals surface area contributed by atoms with Gasteiger partial charge in [-0.15, -0.1) is 0 Å². The first-order valence-corrected chi connectivity index (χ1v) is 8.34. The van der Waals surface area contributed by atoms with E-state index in [2.05, 4.69) is 15.8 Å². The maximum atomic E-state index is 14.2. The molecule has 0 aliphatic carbocycles. The van der Waals surface area contributed by atoms with Crippen molar-refractivity contribution in [3.63, 3.8) is 0 Å². The molecule has 0 saturated carbocycles. The predicted molar refractivity (Wildman–Crippen MR) is 98.8 cm³/mol. The molecule has 0 spiro atoms. The number of hydrazone groups is 1. The summed E-state index contributed by atoms with van der Waals surface area (Å²) in [6.07, 6.45) is 3.62. The quantitative estimate of drug-likeness (QED) is 0.655. The minimum absolute atomic E-state index is 0.268. The van der Waals surface area contributed by atoms with Gasteiger partial charge in [0.25, 0.3) is 0 Å². The molecule has 0 unspecified atom stereocenters. The number of carbonyl (C=O) groups is 1. The second-order valence-corrected chi connectivity index (χ2v) is 6.04. The van der Waals surface area contributed by atoms with Crippen molar-refractivity contribution < 1.29 is 9.18 Å². The summed E-state index contributed by atoms with van der Waals surface area (Å²) in [5, 5.41) is 6.58. The monoisotopic (exact) mass is 340 g/mol. The van der Waals surface area contributed by atoms with Crippen molar-refractivity contribution in [2.24, 2.45) is 5.10 Å². The first kappa shape index (κ1) is 17.0. The highest BCUT2D eigenvalue weighted by Gasteiger charge is 2.15. The van der Waals surface area contributed by atoms with Gasteiger partial charge in [-0.3, -0.25) is 0 Å². The number of amides is 2. The Labute approximate surface area is 146 Å². The van der Waals surface area contributed by atoms with Gasteiger partial charge in [0, 0.05) is 18.8 Å². The van der Waals surface area contributed by atoms with Gasteiger partial charge in [0.1, 0.15) is 5.82 Å². The van der Waals surface area contributed by atoms with E-state index in [0.717, 1.165) is 37.2 Å². The van der Waals surface area contributed by atoms with Gasteiger partial charge in [-0.2, -0.15) is 5.10 Å². The van der Waals surface area contributed by atoms with Gasteiger partial charge in [0.05, 0.1) is 11.9 Å². The van der Waals surface area contributed by atoms with E-state index in [0.29, 0.717) is 11.3 Å². The molecule has 2 amide bonds. The molecule has 5 nitrogen and oxygen atoms in total. The van der Waals surface area contributed by atoms with E-state index in [9.17, 15) is 9.18 Å². The molecule has 1 aliphatic rings. The summed E-state index contributed by atoms with van der Waals surface area (Å²) in [7, 11) is 0. The molecule has 1 fully saturated rings. The number of para-hydroxylation sites is 1. The lowest BCUT2D eigenvalue weighted by atomic mass is 10.2. The van der Waals surface area contributed by atoms with Crippen molar-refractivity contribution in [2.45, 2.75) is 19.8 Å². The van der Waals surface area contributed by atoms with E-state index in [1.54, 1.807) is 12.1 Å². The van der Waals surface area contributed by atoms with Crippen LogP contribution in [0.25, 0.3) is 0 Å². The lowest BCUT2D eigenvalue weighted by Crippen LogP contribution is -2.24. The van der Waals surface area contributed by atoms with Crippen LogP contribution in [0, 0.1) is 12.7 Å². The molecule has 2 N–H and O–H groups in total. The number of hydrogen-bond acceptors (Lipinski definition) is 3. The number of nitrogens with one attached hydrogen (secondary N) is 2. The Morgan fingerprint density at radius 3 is 2.68 bits per heavy atom. The Hall–Kier alpha value is -2.89. The SMILES string of the molecule is Cc1ccccc1NC(=O)NN=Cc1ccc(N2CCCC2)c(F)c1. The van der Waals surface area contributed by atoms with Crippen LogP contribution in [-0.4, -0.2) is 25.3 Å². The van der Waals surface area contributed by atoms with Crippen molar-refractivity contribution in [2.75, 3.05) is 23.3 Å². The van der Waals surface area contributed by atoms with Crippen molar-refractivity contribution in [1.29, 1.82) is 0 Å². The van der Waals surface area contributed by atoms with Crippen LogP contribution in [0.3, 0.4) is 0 Å². The zero-order valence-electron chi connectivity index (χ0n) is 14.1. The number of halogens is 1. The topological polar surface area (TPSA) is 56.7 Å². The molecule has 0 radical (unpaired) electrons. The summed E-state index contributed by atoms with van der Waals surface area (Å²) in [6.45, 7) is 3.69. The van der Waals surface area contributed by atoms with Crippen LogP contribution in [0.5, 0.6) is 0 Å². The molecule has 0 bridgehead atoms. The highest BCUT2D eigenvalue weighted by Crippen LogP contribution is 2.23. The Bertz CT molecular complexity index is 785. The number of rotatable bonds is 4. The number of aryl methyl sites for hydroxylation is 1. The van der Waals surface area contributed by atoms with Gasteiger partial charge in [0.15, 0.2) is 0 Å². The number of anilines is 2. The van der Waals surface area contributed by atoms with Crippen LogP contribution in [-0.2, 0) is 0 Å². The summed E-state index contributed by atoms with van der Waals surface area (Å²) in [4.78, 5) is 13.9. The Morgan fingerprint density at radius 1 is 1.20 bits per heavy atom. The summed E-state index contributed by atoms with van der Waals surface area (Å²) < 4.78 is 14.2. The van der Waals surface area contributed by atoms with Crippen molar-refractivity contribution in [1.82, 2.24) is 5.43 Å². The van der Waals surface area contributed by atoms with Crippen molar-refractivity contribution in [3.05, 3.63) is 59.4 Å². The third-order valence-corrected chi connectivity index (χ3v) is 4.19. The summed E-state index contributed by atoms with van der Waals surface area (Å²) in [5.74, 6) is -0.268. The number of hydrogen-bond donors (Lipinski definition) is 2. The summed E-state index contributed by atoms with van der Waals surface area (Å²) in [5.41, 5.74) is 5.28. The van der Waals surface area contributed by atoms with Crippen LogP contribution in [0.15, 0.2) is 47.6 Å². The second kappa shape index (κ2) is 7.79. The lowest BCUT2D eigenvalue weighted by Gasteiger charge is -2.18. The average molecular weight is 340 g/mol. The van der Waals surface area contributed by atoms with Crippen molar-refractivity contribution >= 4 is 23.6 Å². The van der Waals surface area contributed by atoms with Gasteiger partial charge < -0.3 is 10.2 Å². The van der Waals surface area contributed by atoms with E-state index in [4.69, 9.17) is 0 Å². The molecule has 3 rings (SSSR count). The van der Waals surface area contributed by atoms with E-state index in [-0.39, 0.29) is 5.82 Å². The molecular weight excluding hydrogens is 319 g/mol. The van der Waals surface area contributed by atoms with Crippen LogP contribution in [0.2, 0.25) is 0 Å². The van der Waals surface area contributed by atoms with E-state index < -0.39 is 6.03 Å². The van der Waals surface area contributed by atoms with Gasteiger partial charge in [-0.1, -0.05) is 24.3 Å². The fraction of sp³-hybridized carbons (Fsp3) is 0.263. The smallest absolute Gasteiger partial charge is 0.339 e. The number of benzene rings is 2. The van der Waals surface area contributed by atoms with Gasteiger partial charge >= 0.3 is 6.03 Å². The molecule has 1 aliphatic heterocycles. The zero-order valence-corrected chi connectivity index (χ0v) is 14.1. The normalized spacial score (nSPS) is 14.1. The molecular formula is C19H21FN4O. The number of urea groups is 1. The zero-order chi connectivity index (χ0) is 17.6. The highest BCUT2D eigenvalue weighted by molar-refractivity contribution is 5.91. The molecule has 25 heavy (non-hydrogen) atoms. The Balaban J connectivity index is 1.57. The van der Waals surface area contributed by atoms with Crippen LogP contribution in [0.1, 0.15) is 24.0 Å². The van der Waals surface area contributed by atoms with Crippen LogP contribution in [0.4, 0.5) is 20.6 Å². The second-order valence-electron chi connectivity index (χ2n) is 6.04. The predicted octanol–water partition coefficient (Wildman–Crippen LogP) is 3.89. The van der Waals surface area contributed by atoms with E-state index in [1.165, 1.54) is 12.3 Å². The minimum Gasteiger partial charge on any atom is -0.369 e. The van der Waals surface area contributed by atoms with E-state index >= 15 is 0 Å². The van der Waals surface area contributed by atoms with Crippen LogP contribution >= 0.6 is 0 Å². The number of nitrogens with zero attached hydrogens (tertiary/aromatic N) is 2. The highest BCUT2D eigenvalue weighted by atomic mass is 19.1. The standard InChI is InChI=1S/C19H21FN4O/c1-14-6-2-3-7-17(14)22-19(25)23-21-13-15-8-9-18(16(20)12-15)24-10-4-5-11-24/h2-3,6-9,12-13H,4-5,10-11H2,1H3,(H2,22,23,25). The third-order valence-electron chi connectivity index (χ3n) is 4.19. The first-order valence-electron chi connectivity index (χ1n) is 8.34. The Morgan fingerprint density at radius 2 is 1.96 bits per heavy atom. The minimum atomic E-state index is -0.445. The molecule has 6 heteroatoms. The van der Waals surface area contributed by atoms with Gasteiger partial charge in [-0.05, 0) is 49.1 Å². The van der Waals surface area contributed by atoms with Crippen molar-refractivity contribution in [3.8, 4) is 0 Å². The molecule has 1 saturated heterocycles. The lowest BCUT2D eigenvalue weighted by molar-refractivity contribution is 0.252. The summed E-state index contributed by atoms with van der Waals surface area (Å²) >= 11 is 0. The molecule has 2 aromatic carbocycles. The molecule has 0 aromatic heterocycles. The number of carbonyl (C=O) groups excluding carboxylic acids is 1. The fourth-order valence-electron chi connectivity index (χ4n) is 2.85. The average Bonchev–Trinajstić information content (AvgIpc) is 3.11. The molecule has 2 aromatic rings. The maximum absolute atomic E-state index is 14.2. The third kappa shape index (κ3) is 4.35. The van der Waals surface area contributed by atoms with E-state index in [1.807, 2.05) is 36.1 Å². The summed E-state index contributed by atoms with van der Waals surface area (Å²) in [6, 6.07) is 12.0. The Kier molecular flexibility index (Phi) is 5.28. The van der Waals surface area contributed by atoms with Crippen LogP contribution < -0.4 is 15.6 Å². The van der Waals surface area contributed by atoms with Gasteiger partial charge in [-0.25, -0.2) is 14.6 Å². The molecule has 1 heterocycles. The maximum Gasteiger partial charge on any atom is 0.339 e. The largest absolute Gasteiger partial charge is 0.369 e. The first-order chi connectivity index (χ1) is 12.1.